The summed E-state index contributed by atoms with van der Waals surface area (Å²) in [6.45, 7) is 5.73. The number of nitrogens with two attached hydrogens (primary N) is 1. The number of hydrogen-bond donors (Lipinski definition) is 1. The third kappa shape index (κ3) is 4.64. The van der Waals surface area contributed by atoms with Gasteiger partial charge in [-0.2, -0.15) is 0 Å². The van der Waals surface area contributed by atoms with Gasteiger partial charge in [0.1, 0.15) is 11.6 Å². The molecule has 1 fully saturated rings. The van der Waals surface area contributed by atoms with E-state index in [9.17, 15) is 9.59 Å². The number of fused-ring (bicyclic) bond motifs is 1. The van der Waals surface area contributed by atoms with Crippen molar-refractivity contribution < 1.29 is 19.1 Å². The lowest BCUT2D eigenvalue weighted by atomic mass is 9.81. The van der Waals surface area contributed by atoms with Crippen LogP contribution in [0.3, 0.4) is 0 Å². The fourth-order valence-electron chi connectivity index (χ4n) is 2.82. The van der Waals surface area contributed by atoms with Crippen LogP contribution in [-0.2, 0) is 14.3 Å². The Morgan fingerprint density at radius 1 is 1.35 bits per heavy atom. The minimum Gasteiger partial charge on any atom is -0.467 e. The molecule has 2 rings (SSSR count). The van der Waals surface area contributed by atoms with E-state index in [-0.39, 0.29) is 18.3 Å². The maximum absolute atomic E-state index is 12.4. The van der Waals surface area contributed by atoms with E-state index in [1.54, 1.807) is 20.8 Å². The maximum atomic E-state index is 12.4. The Morgan fingerprint density at radius 3 is 2.57 bits per heavy atom. The number of carbonyl (C=O) groups is 2. The summed E-state index contributed by atoms with van der Waals surface area (Å²) in [5, 5.41) is 0. The van der Waals surface area contributed by atoms with Gasteiger partial charge in [0.2, 0.25) is 0 Å². The van der Waals surface area contributed by atoms with E-state index < -0.39 is 23.7 Å². The molecule has 1 aliphatic carbocycles. The van der Waals surface area contributed by atoms with Crippen LogP contribution in [0.25, 0.3) is 0 Å². The number of allylic oxidation sites excluding steroid dienone is 2. The van der Waals surface area contributed by atoms with Crippen molar-refractivity contribution in [1.29, 1.82) is 0 Å². The molecule has 1 heterocycles. The Morgan fingerprint density at radius 2 is 2.00 bits per heavy atom. The average Bonchev–Trinajstić information content (AvgIpc) is 2.43. The highest BCUT2D eigenvalue weighted by Gasteiger charge is 2.41. The maximum Gasteiger partial charge on any atom is 0.411 e. The van der Waals surface area contributed by atoms with Crippen molar-refractivity contribution in [3.8, 4) is 0 Å². The molecule has 2 N–H and O–H groups in total. The van der Waals surface area contributed by atoms with E-state index in [1.807, 2.05) is 12.2 Å². The molecule has 0 spiro atoms. The summed E-state index contributed by atoms with van der Waals surface area (Å²) in [6.07, 6.45) is 4.65. The highest BCUT2D eigenvalue weighted by atomic mass is 35.5. The van der Waals surface area contributed by atoms with Crippen molar-refractivity contribution in [2.24, 2.45) is 11.7 Å². The summed E-state index contributed by atoms with van der Waals surface area (Å²) in [7, 11) is 1.33. The number of amides is 1. The van der Waals surface area contributed by atoms with Gasteiger partial charge in [-0.15, -0.1) is 12.4 Å². The van der Waals surface area contributed by atoms with Crippen molar-refractivity contribution >= 4 is 24.5 Å². The average molecular weight is 345 g/mol. The minimum atomic E-state index is -0.617. The first-order valence-corrected chi connectivity index (χ1v) is 7.45. The molecular formula is C16H25ClN2O4. The number of nitrogens with zero attached hydrogens (tertiary/aromatic N) is 1. The summed E-state index contributed by atoms with van der Waals surface area (Å²) in [5.74, 6) is -0.192. The van der Waals surface area contributed by atoms with Gasteiger partial charge >= 0.3 is 12.1 Å². The van der Waals surface area contributed by atoms with Crippen LogP contribution in [-0.4, -0.2) is 42.3 Å². The van der Waals surface area contributed by atoms with Crippen molar-refractivity contribution in [3.63, 3.8) is 0 Å². The van der Waals surface area contributed by atoms with Crippen molar-refractivity contribution in [3.05, 3.63) is 23.4 Å². The molecule has 0 radical (unpaired) electrons. The fraction of sp³-hybridized carbons (Fsp3) is 0.625. The number of piperidine rings is 1. The molecule has 6 nitrogen and oxygen atoms in total. The molecule has 0 aromatic carbocycles. The number of likely N-dealkylation sites (tertiary alicyclic amines) is 1. The highest BCUT2D eigenvalue weighted by molar-refractivity contribution is 5.85. The van der Waals surface area contributed by atoms with Crippen LogP contribution in [0, 0.1) is 5.92 Å². The van der Waals surface area contributed by atoms with Gasteiger partial charge in [0.05, 0.1) is 7.11 Å². The molecule has 2 aliphatic rings. The number of esters is 1. The van der Waals surface area contributed by atoms with Gasteiger partial charge in [0, 0.05) is 12.2 Å². The first-order valence-electron chi connectivity index (χ1n) is 7.45. The topological polar surface area (TPSA) is 81.9 Å². The number of carbonyl (C=O) groups excluding carboxylic acids is 2. The number of rotatable bonds is 1. The standard InChI is InChI=1S/C16H24N2O4.ClH/c1-16(2,3)22-15(20)18-9-11-7-12(17)6-5-10(11)8-13(18)14(19)21-4;/h6-7,10,13H,5,8-9,17H2,1-4H3;1H. The van der Waals surface area contributed by atoms with Gasteiger partial charge in [0.15, 0.2) is 0 Å². The molecule has 0 aromatic heterocycles. The Bertz CT molecular complexity index is 537. The quantitative estimate of drug-likeness (QED) is 0.738. The predicted molar refractivity (Wildman–Crippen MR) is 89.1 cm³/mol. The second-order valence-electron chi connectivity index (χ2n) is 6.74. The first kappa shape index (κ1) is 19.4. The second kappa shape index (κ2) is 7.25. The van der Waals surface area contributed by atoms with E-state index in [1.165, 1.54) is 12.0 Å². The zero-order chi connectivity index (χ0) is 16.5. The first-order chi connectivity index (χ1) is 10.2. The highest BCUT2D eigenvalue weighted by Crippen LogP contribution is 2.34. The molecule has 0 bridgehead atoms. The second-order valence-corrected chi connectivity index (χ2v) is 6.74. The lowest BCUT2D eigenvalue weighted by molar-refractivity contribution is -0.148. The third-order valence-corrected chi connectivity index (χ3v) is 3.85. The fourth-order valence-corrected chi connectivity index (χ4v) is 2.82. The zero-order valence-corrected chi connectivity index (χ0v) is 14.8. The van der Waals surface area contributed by atoms with Crippen LogP contribution in [0.15, 0.2) is 23.4 Å². The van der Waals surface area contributed by atoms with E-state index in [0.29, 0.717) is 18.7 Å². The Labute approximate surface area is 143 Å². The Kier molecular flexibility index (Phi) is 6.11. The van der Waals surface area contributed by atoms with E-state index in [2.05, 4.69) is 0 Å². The van der Waals surface area contributed by atoms with Crippen molar-refractivity contribution in [2.75, 3.05) is 13.7 Å². The summed E-state index contributed by atoms with van der Waals surface area (Å²) < 4.78 is 10.3. The molecule has 1 aliphatic heterocycles. The summed E-state index contributed by atoms with van der Waals surface area (Å²) >= 11 is 0. The summed E-state index contributed by atoms with van der Waals surface area (Å²) in [5.41, 5.74) is 6.99. The van der Waals surface area contributed by atoms with E-state index >= 15 is 0 Å². The minimum absolute atomic E-state index is 0. The summed E-state index contributed by atoms with van der Waals surface area (Å²) in [4.78, 5) is 25.9. The molecule has 0 saturated carbocycles. The Balaban J connectivity index is 0.00000264. The number of hydrogen-bond acceptors (Lipinski definition) is 5. The lowest BCUT2D eigenvalue weighted by Crippen LogP contribution is -2.53. The van der Waals surface area contributed by atoms with Crippen LogP contribution in [0.2, 0.25) is 0 Å². The van der Waals surface area contributed by atoms with E-state index in [0.717, 1.165) is 12.0 Å². The largest absolute Gasteiger partial charge is 0.467 e. The van der Waals surface area contributed by atoms with Crippen molar-refractivity contribution in [1.82, 2.24) is 4.90 Å². The SMILES string of the molecule is COC(=O)C1CC2CC=C(N)C=C2CN1C(=O)OC(C)(C)C.Cl. The smallest absolute Gasteiger partial charge is 0.411 e. The van der Waals surface area contributed by atoms with Crippen LogP contribution in [0.5, 0.6) is 0 Å². The zero-order valence-electron chi connectivity index (χ0n) is 14.0. The Hall–Kier alpha value is -1.69. The molecule has 130 valence electrons. The molecular weight excluding hydrogens is 320 g/mol. The van der Waals surface area contributed by atoms with Gasteiger partial charge in [0.25, 0.3) is 0 Å². The number of halogens is 1. The summed E-state index contributed by atoms with van der Waals surface area (Å²) in [6, 6.07) is -0.616. The molecule has 0 aromatic rings. The molecule has 2 atom stereocenters. The lowest BCUT2D eigenvalue weighted by Gasteiger charge is -2.40. The monoisotopic (exact) mass is 344 g/mol. The number of methoxy groups -OCH3 is 1. The molecule has 7 heteroatoms. The predicted octanol–water partition coefficient (Wildman–Crippen LogP) is 2.38. The molecule has 1 saturated heterocycles. The van der Waals surface area contributed by atoms with Gasteiger partial charge < -0.3 is 15.2 Å². The van der Waals surface area contributed by atoms with Crippen LogP contribution in [0.1, 0.15) is 33.6 Å². The molecule has 1 amide bonds. The van der Waals surface area contributed by atoms with Crippen LogP contribution in [0.4, 0.5) is 4.79 Å². The normalized spacial score (nSPS) is 23.7. The molecule has 2 unspecified atom stereocenters. The molecule has 23 heavy (non-hydrogen) atoms. The van der Waals surface area contributed by atoms with Crippen LogP contribution < -0.4 is 5.73 Å². The van der Waals surface area contributed by atoms with Gasteiger partial charge in [-0.05, 0) is 51.2 Å². The number of ether oxygens (including phenoxy) is 2. The van der Waals surface area contributed by atoms with Gasteiger partial charge in [-0.1, -0.05) is 6.08 Å². The van der Waals surface area contributed by atoms with Crippen molar-refractivity contribution in [2.45, 2.75) is 45.3 Å². The van der Waals surface area contributed by atoms with Gasteiger partial charge in [-0.25, -0.2) is 9.59 Å². The van der Waals surface area contributed by atoms with E-state index in [4.69, 9.17) is 15.2 Å². The van der Waals surface area contributed by atoms with Gasteiger partial charge in [-0.3, -0.25) is 4.90 Å². The van der Waals surface area contributed by atoms with Crippen LogP contribution >= 0.6 is 12.4 Å². The third-order valence-electron chi connectivity index (χ3n) is 3.85.